The van der Waals surface area contributed by atoms with E-state index in [0.717, 1.165) is 17.0 Å². The predicted octanol–water partition coefficient (Wildman–Crippen LogP) is 1.81. The lowest BCUT2D eigenvalue weighted by atomic mass is 10.1. The highest BCUT2D eigenvalue weighted by atomic mass is 16.5. The maximum Gasteiger partial charge on any atom is 0.208 e. The van der Waals surface area contributed by atoms with E-state index in [2.05, 4.69) is 4.98 Å². The molecule has 0 saturated carbocycles. The summed E-state index contributed by atoms with van der Waals surface area (Å²) in [5, 5.41) is 0. The SMILES string of the molecule is COc1ccccc1-c1coc(CN)n1. The van der Waals surface area contributed by atoms with Gasteiger partial charge < -0.3 is 14.9 Å². The summed E-state index contributed by atoms with van der Waals surface area (Å²) >= 11 is 0. The third-order valence-electron chi connectivity index (χ3n) is 2.11. The Labute approximate surface area is 87.7 Å². The van der Waals surface area contributed by atoms with Gasteiger partial charge in [0.25, 0.3) is 0 Å². The molecule has 0 amide bonds. The number of methoxy groups -OCH3 is 1. The second-order valence-electron chi connectivity index (χ2n) is 3.03. The summed E-state index contributed by atoms with van der Waals surface area (Å²) in [6.07, 6.45) is 1.58. The largest absolute Gasteiger partial charge is 0.496 e. The van der Waals surface area contributed by atoms with Crippen molar-refractivity contribution in [2.24, 2.45) is 5.73 Å². The number of benzene rings is 1. The number of rotatable bonds is 3. The molecule has 1 aromatic heterocycles. The third-order valence-corrected chi connectivity index (χ3v) is 2.11. The Kier molecular flexibility index (Phi) is 2.69. The van der Waals surface area contributed by atoms with Crippen molar-refractivity contribution in [2.75, 3.05) is 7.11 Å². The number of hydrogen-bond acceptors (Lipinski definition) is 4. The van der Waals surface area contributed by atoms with Crippen molar-refractivity contribution in [3.05, 3.63) is 36.4 Å². The van der Waals surface area contributed by atoms with E-state index in [9.17, 15) is 0 Å². The van der Waals surface area contributed by atoms with E-state index >= 15 is 0 Å². The second-order valence-corrected chi connectivity index (χ2v) is 3.03. The molecule has 0 aliphatic heterocycles. The molecule has 1 aromatic carbocycles. The van der Waals surface area contributed by atoms with Crippen LogP contribution < -0.4 is 10.5 Å². The van der Waals surface area contributed by atoms with Crippen molar-refractivity contribution in [2.45, 2.75) is 6.54 Å². The Bertz CT molecular complexity index is 451. The molecule has 0 fully saturated rings. The van der Waals surface area contributed by atoms with Crippen LogP contribution in [0.1, 0.15) is 5.89 Å². The summed E-state index contributed by atoms with van der Waals surface area (Å²) in [6.45, 7) is 0.301. The summed E-state index contributed by atoms with van der Waals surface area (Å²) in [5.74, 6) is 1.30. The molecule has 2 rings (SSSR count). The van der Waals surface area contributed by atoms with E-state index in [-0.39, 0.29) is 0 Å². The van der Waals surface area contributed by atoms with Crippen LogP contribution in [0.4, 0.5) is 0 Å². The fourth-order valence-electron chi connectivity index (χ4n) is 1.38. The maximum atomic E-state index is 5.42. The Hall–Kier alpha value is -1.81. The van der Waals surface area contributed by atoms with Crippen LogP contribution in [0.25, 0.3) is 11.3 Å². The van der Waals surface area contributed by atoms with Crippen molar-refractivity contribution < 1.29 is 9.15 Å². The first-order valence-corrected chi connectivity index (χ1v) is 4.63. The van der Waals surface area contributed by atoms with Gasteiger partial charge in [0.1, 0.15) is 17.7 Å². The molecule has 0 radical (unpaired) electrons. The highest BCUT2D eigenvalue weighted by molar-refractivity contribution is 5.66. The lowest BCUT2D eigenvalue weighted by Crippen LogP contribution is -1.96. The van der Waals surface area contributed by atoms with Crippen molar-refractivity contribution in [3.63, 3.8) is 0 Å². The number of nitrogens with zero attached hydrogens (tertiary/aromatic N) is 1. The van der Waals surface area contributed by atoms with Crippen molar-refractivity contribution in [1.29, 1.82) is 0 Å². The van der Waals surface area contributed by atoms with Crippen LogP contribution in [0, 0.1) is 0 Å². The van der Waals surface area contributed by atoms with Crippen LogP contribution in [0.3, 0.4) is 0 Å². The number of hydrogen-bond donors (Lipinski definition) is 1. The zero-order valence-corrected chi connectivity index (χ0v) is 8.43. The van der Waals surface area contributed by atoms with Gasteiger partial charge in [-0.05, 0) is 12.1 Å². The van der Waals surface area contributed by atoms with E-state index in [1.807, 2.05) is 24.3 Å². The second kappa shape index (κ2) is 4.14. The van der Waals surface area contributed by atoms with E-state index in [1.54, 1.807) is 13.4 Å². The van der Waals surface area contributed by atoms with E-state index < -0.39 is 0 Å². The summed E-state index contributed by atoms with van der Waals surface area (Å²) in [5.41, 5.74) is 7.07. The van der Waals surface area contributed by atoms with Gasteiger partial charge in [-0.1, -0.05) is 12.1 Å². The van der Waals surface area contributed by atoms with Gasteiger partial charge in [-0.15, -0.1) is 0 Å². The Morgan fingerprint density at radius 3 is 2.87 bits per heavy atom. The fraction of sp³-hybridized carbons (Fsp3) is 0.182. The average Bonchev–Trinajstić information content (AvgIpc) is 2.77. The van der Waals surface area contributed by atoms with Crippen LogP contribution >= 0.6 is 0 Å². The molecule has 0 aliphatic rings. The lowest BCUT2D eigenvalue weighted by Gasteiger charge is -2.03. The van der Waals surface area contributed by atoms with Crippen molar-refractivity contribution in [3.8, 4) is 17.0 Å². The minimum absolute atomic E-state index is 0.301. The Balaban J connectivity index is 2.44. The quantitative estimate of drug-likeness (QED) is 0.828. The van der Waals surface area contributed by atoms with E-state index in [1.165, 1.54) is 0 Å². The van der Waals surface area contributed by atoms with E-state index in [4.69, 9.17) is 14.9 Å². The molecular weight excluding hydrogens is 192 g/mol. The first-order valence-electron chi connectivity index (χ1n) is 4.63. The van der Waals surface area contributed by atoms with Gasteiger partial charge in [-0.2, -0.15) is 0 Å². The summed E-state index contributed by atoms with van der Waals surface area (Å²) in [4.78, 5) is 4.24. The van der Waals surface area contributed by atoms with Crippen LogP contribution in [-0.2, 0) is 6.54 Å². The zero-order valence-electron chi connectivity index (χ0n) is 8.43. The molecule has 4 nitrogen and oxygen atoms in total. The molecule has 15 heavy (non-hydrogen) atoms. The summed E-state index contributed by atoms with van der Waals surface area (Å²) < 4.78 is 10.4. The topological polar surface area (TPSA) is 61.3 Å². The minimum Gasteiger partial charge on any atom is -0.496 e. The van der Waals surface area contributed by atoms with Crippen molar-refractivity contribution in [1.82, 2.24) is 4.98 Å². The highest BCUT2D eigenvalue weighted by Crippen LogP contribution is 2.28. The fourth-order valence-corrected chi connectivity index (χ4v) is 1.38. The van der Waals surface area contributed by atoms with Gasteiger partial charge in [0, 0.05) is 5.56 Å². The number of para-hydroxylation sites is 1. The van der Waals surface area contributed by atoms with Gasteiger partial charge in [-0.3, -0.25) is 0 Å². The van der Waals surface area contributed by atoms with Gasteiger partial charge in [-0.25, -0.2) is 4.98 Å². The first kappa shape index (κ1) is 9.73. The maximum absolute atomic E-state index is 5.42. The zero-order chi connectivity index (χ0) is 10.7. The average molecular weight is 204 g/mol. The summed E-state index contributed by atoms with van der Waals surface area (Å²) in [6, 6.07) is 7.64. The van der Waals surface area contributed by atoms with Gasteiger partial charge in [0.15, 0.2) is 0 Å². The first-order chi connectivity index (χ1) is 7.35. The molecule has 0 unspecified atom stereocenters. The van der Waals surface area contributed by atoms with Gasteiger partial charge >= 0.3 is 0 Å². The molecule has 0 atom stereocenters. The molecule has 0 saturated heterocycles. The normalized spacial score (nSPS) is 10.3. The van der Waals surface area contributed by atoms with Crippen LogP contribution in [0.15, 0.2) is 34.9 Å². The van der Waals surface area contributed by atoms with Crippen LogP contribution in [0.5, 0.6) is 5.75 Å². The van der Waals surface area contributed by atoms with Crippen LogP contribution in [-0.4, -0.2) is 12.1 Å². The van der Waals surface area contributed by atoms with Gasteiger partial charge in [0.2, 0.25) is 5.89 Å². The van der Waals surface area contributed by atoms with Gasteiger partial charge in [0.05, 0.1) is 13.7 Å². The molecule has 78 valence electrons. The molecule has 1 heterocycles. The Morgan fingerprint density at radius 1 is 1.40 bits per heavy atom. The molecule has 2 N–H and O–H groups in total. The number of aromatic nitrogens is 1. The molecule has 4 heteroatoms. The Morgan fingerprint density at radius 2 is 2.20 bits per heavy atom. The number of ether oxygens (including phenoxy) is 1. The molecule has 2 aromatic rings. The molecule has 0 spiro atoms. The van der Waals surface area contributed by atoms with E-state index in [0.29, 0.717) is 12.4 Å². The smallest absolute Gasteiger partial charge is 0.208 e. The summed E-state index contributed by atoms with van der Waals surface area (Å²) in [7, 11) is 1.63. The van der Waals surface area contributed by atoms with Crippen LogP contribution in [0.2, 0.25) is 0 Å². The highest BCUT2D eigenvalue weighted by Gasteiger charge is 2.09. The predicted molar refractivity (Wildman–Crippen MR) is 56.4 cm³/mol. The standard InChI is InChI=1S/C11H12N2O2/c1-14-10-5-3-2-4-8(10)9-7-15-11(6-12)13-9/h2-5,7H,6,12H2,1H3. The number of nitrogens with two attached hydrogens (primary N) is 1. The molecule has 0 bridgehead atoms. The monoisotopic (exact) mass is 204 g/mol. The molecular formula is C11H12N2O2. The lowest BCUT2D eigenvalue weighted by molar-refractivity contribution is 0.416. The van der Waals surface area contributed by atoms with Crippen molar-refractivity contribution >= 4 is 0 Å². The third kappa shape index (κ3) is 1.85. The number of oxazole rings is 1. The molecule has 0 aliphatic carbocycles. The minimum atomic E-state index is 0.301.